The Labute approximate surface area is 146 Å². The Bertz CT molecular complexity index is 538. The van der Waals surface area contributed by atoms with Crippen LogP contribution in [-0.2, 0) is 6.42 Å². The van der Waals surface area contributed by atoms with Crippen LogP contribution in [0.1, 0.15) is 62.9 Å². The number of carbonyl (C=O) groups is 1. The van der Waals surface area contributed by atoms with E-state index in [9.17, 15) is 9.90 Å². The van der Waals surface area contributed by atoms with E-state index < -0.39 is 5.60 Å². The summed E-state index contributed by atoms with van der Waals surface area (Å²) in [4.78, 5) is 14.9. The SMILES string of the molecule is CC(C)(O)CCc1ccc(C(=O)NC(C)(C)CN2CCCC2)cc1. The molecule has 1 aliphatic rings. The molecule has 4 nitrogen and oxygen atoms in total. The van der Waals surface area contributed by atoms with Crippen LogP contribution in [-0.4, -0.2) is 46.7 Å². The van der Waals surface area contributed by atoms with Crippen molar-refractivity contribution in [1.29, 1.82) is 0 Å². The average molecular weight is 332 g/mol. The molecule has 134 valence electrons. The predicted molar refractivity (Wildman–Crippen MR) is 98.3 cm³/mol. The van der Waals surface area contributed by atoms with Gasteiger partial charge in [-0.25, -0.2) is 0 Å². The molecule has 1 aliphatic heterocycles. The van der Waals surface area contributed by atoms with Gasteiger partial charge in [-0.05, 0) is 84.2 Å². The van der Waals surface area contributed by atoms with E-state index in [0.717, 1.165) is 31.6 Å². The van der Waals surface area contributed by atoms with Crippen molar-refractivity contribution >= 4 is 5.91 Å². The first-order valence-corrected chi connectivity index (χ1v) is 9.01. The fourth-order valence-electron chi connectivity index (χ4n) is 3.19. The van der Waals surface area contributed by atoms with Crippen molar-refractivity contribution < 1.29 is 9.90 Å². The smallest absolute Gasteiger partial charge is 0.251 e. The van der Waals surface area contributed by atoms with Gasteiger partial charge < -0.3 is 15.3 Å². The number of hydrogen-bond donors (Lipinski definition) is 2. The van der Waals surface area contributed by atoms with Gasteiger partial charge in [0.25, 0.3) is 5.91 Å². The Balaban J connectivity index is 1.89. The third-order valence-corrected chi connectivity index (χ3v) is 4.51. The summed E-state index contributed by atoms with van der Waals surface area (Å²) < 4.78 is 0. The zero-order chi connectivity index (χ0) is 17.8. The number of rotatable bonds is 7. The highest BCUT2D eigenvalue weighted by atomic mass is 16.3. The summed E-state index contributed by atoms with van der Waals surface area (Å²) in [6.45, 7) is 11.0. The molecule has 24 heavy (non-hydrogen) atoms. The van der Waals surface area contributed by atoms with Crippen molar-refractivity contribution in [2.24, 2.45) is 0 Å². The molecule has 2 N–H and O–H groups in total. The maximum Gasteiger partial charge on any atom is 0.251 e. The lowest BCUT2D eigenvalue weighted by molar-refractivity contribution is 0.0713. The molecular weight excluding hydrogens is 300 g/mol. The standard InChI is InChI=1S/C20H32N2O2/c1-19(2,15-22-13-5-6-14-22)21-18(23)17-9-7-16(8-10-17)11-12-20(3,4)24/h7-10,24H,5-6,11-15H2,1-4H3,(H,21,23). The van der Waals surface area contributed by atoms with Gasteiger partial charge in [0.2, 0.25) is 0 Å². The van der Waals surface area contributed by atoms with Gasteiger partial charge in [0.1, 0.15) is 0 Å². The molecule has 1 fully saturated rings. The first-order chi connectivity index (χ1) is 11.1. The Morgan fingerprint density at radius 1 is 1.12 bits per heavy atom. The maximum absolute atomic E-state index is 12.5. The summed E-state index contributed by atoms with van der Waals surface area (Å²) in [5, 5.41) is 13.0. The number of nitrogens with one attached hydrogen (secondary N) is 1. The van der Waals surface area contributed by atoms with E-state index in [4.69, 9.17) is 0 Å². The molecule has 0 radical (unpaired) electrons. The monoisotopic (exact) mass is 332 g/mol. The van der Waals surface area contributed by atoms with Gasteiger partial charge in [-0.1, -0.05) is 12.1 Å². The lowest BCUT2D eigenvalue weighted by Crippen LogP contribution is -2.50. The van der Waals surface area contributed by atoms with Crippen molar-refractivity contribution in [3.63, 3.8) is 0 Å². The highest BCUT2D eigenvalue weighted by Crippen LogP contribution is 2.16. The summed E-state index contributed by atoms with van der Waals surface area (Å²) in [6, 6.07) is 7.71. The number of benzene rings is 1. The quantitative estimate of drug-likeness (QED) is 0.807. The maximum atomic E-state index is 12.5. The molecule has 0 aromatic heterocycles. The summed E-state index contributed by atoms with van der Waals surface area (Å²) >= 11 is 0. The van der Waals surface area contributed by atoms with Gasteiger partial charge in [-0.15, -0.1) is 0 Å². The second-order valence-electron chi connectivity index (χ2n) is 8.33. The average Bonchev–Trinajstić information content (AvgIpc) is 2.96. The van der Waals surface area contributed by atoms with Gasteiger partial charge in [0, 0.05) is 17.6 Å². The van der Waals surface area contributed by atoms with Crippen molar-refractivity contribution in [3.8, 4) is 0 Å². The molecule has 1 amide bonds. The second-order valence-corrected chi connectivity index (χ2v) is 8.33. The molecule has 1 saturated heterocycles. The van der Waals surface area contributed by atoms with Crippen LogP contribution in [0.25, 0.3) is 0 Å². The van der Waals surface area contributed by atoms with Gasteiger partial charge >= 0.3 is 0 Å². The Kier molecular flexibility index (Phi) is 6.05. The lowest BCUT2D eigenvalue weighted by atomic mass is 9.98. The topological polar surface area (TPSA) is 52.6 Å². The number of carbonyl (C=O) groups excluding carboxylic acids is 1. The number of amides is 1. The van der Waals surface area contributed by atoms with Crippen LogP contribution in [0.5, 0.6) is 0 Å². The van der Waals surface area contributed by atoms with Gasteiger partial charge in [-0.2, -0.15) is 0 Å². The van der Waals surface area contributed by atoms with Crippen LogP contribution in [0.2, 0.25) is 0 Å². The fraction of sp³-hybridized carbons (Fsp3) is 0.650. The van der Waals surface area contributed by atoms with E-state index >= 15 is 0 Å². The minimum Gasteiger partial charge on any atom is -0.390 e. The second kappa shape index (κ2) is 7.66. The van der Waals surface area contributed by atoms with Crippen molar-refractivity contribution in [1.82, 2.24) is 10.2 Å². The van der Waals surface area contributed by atoms with Crippen LogP contribution in [0.4, 0.5) is 0 Å². The summed E-state index contributed by atoms with van der Waals surface area (Å²) in [7, 11) is 0. The van der Waals surface area contributed by atoms with Crippen LogP contribution in [0.3, 0.4) is 0 Å². The van der Waals surface area contributed by atoms with Crippen molar-refractivity contribution in [2.75, 3.05) is 19.6 Å². The number of nitrogens with zero attached hydrogens (tertiary/aromatic N) is 1. The van der Waals surface area contributed by atoms with Crippen LogP contribution in [0.15, 0.2) is 24.3 Å². The number of hydrogen-bond acceptors (Lipinski definition) is 3. The summed E-state index contributed by atoms with van der Waals surface area (Å²) in [6.07, 6.45) is 4.04. The Morgan fingerprint density at radius 2 is 1.71 bits per heavy atom. The zero-order valence-corrected chi connectivity index (χ0v) is 15.6. The molecule has 0 unspecified atom stereocenters. The van der Waals surface area contributed by atoms with Crippen molar-refractivity contribution in [3.05, 3.63) is 35.4 Å². The molecule has 0 atom stereocenters. The number of aliphatic hydroxyl groups is 1. The number of likely N-dealkylation sites (tertiary alicyclic amines) is 1. The largest absolute Gasteiger partial charge is 0.390 e. The molecule has 1 heterocycles. The highest BCUT2D eigenvalue weighted by Gasteiger charge is 2.25. The van der Waals surface area contributed by atoms with Gasteiger partial charge in [0.05, 0.1) is 5.60 Å². The van der Waals surface area contributed by atoms with E-state index in [0.29, 0.717) is 12.0 Å². The number of aryl methyl sites for hydroxylation is 1. The Hall–Kier alpha value is -1.39. The van der Waals surface area contributed by atoms with E-state index in [1.54, 1.807) is 0 Å². The van der Waals surface area contributed by atoms with E-state index in [1.807, 2.05) is 38.1 Å². The molecule has 1 aromatic rings. The molecule has 0 spiro atoms. The lowest BCUT2D eigenvalue weighted by Gasteiger charge is -2.31. The fourth-order valence-corrected chi connectivity index (χ4v) is 3.19. The van der Waals surface area contributed by atoms with Gasteiger partial charge in [-0.3, -0.25) is 4.79 Å². The minimum absolute atomic E-state index is 0.0202. The zero-order valence-electron chi connectivity index (χ0n) is 15.6. The summed E-state index contributed by atoms with van der Waals surface area (Å²) in [5.74, 6) is -0.0202. The van der Waals surface area contributed by atoms with E-state index in [1.165, 1.54) is 12.8 Å². The van der Waals surface area contributed by atoms with Gasteiger partial charge in [0.15, 0.2) is 0 Å². The molecule has 1 aromatic carbocycles. The molecule has 4 heteroatoms. The van der Waals surface area contributed by atoms with E-state index in [2.05, 4.69) is 24.1 Å². The van der Waals surface area contributed by atoms with E-state index in [-0.39, 0.29) is 11.4 Å². The molecular formula is C20H32N2O2. The van der Waals surface area contributed by atoms with Crippen LogP contribution < -0.4 is 5.32 Å². The summed E-state index contributed by atoms with van der Waals surface area (Å²) in [5.41, 5.74) is 0.943. The third-order valence-electron chi connectivity index (χ3n) is 4.51. The minimum atomic E-state index is -0.657. The third kappa shape index (κ3) is 6.25. The molecule has 2 rings (SSSR count). The first kappa shape index (κ1) is 18.9. The predicted octanol–water partition coefficient (Wildman–Crippen LogP) is 2.99. The molecule has 0 bridgehead atoms. The highest BCUT2D eigenvalue weighted by molar-refractivity contribution is 5.94. The first-order valence-electron chi connectivity index (χ1n) is 9.01. The van der Waals surface area contributed by atoms with Crippen LogP contribution in [0, 0.1) is 0 Å². The molecule has 0 aliphatic carbocycles. The normalized spacial score (nSPS) is 16.4. The molecule has 0 saturated carbocycles. The van der Waals surface area contributed by atoms with Crippen LogP contribution >= 0.6 is 0 Å². The Morgan fingerprint density at radius 3 is 2.25 bits per heavy atom. The van der Waals surface area contributed by atoms with Crippen molar-refractivity contribution in [2.45, 2.75) is 64.5 Å².